The van der Waals surface area contributed by atoms with Crippen LogP contribution in [0, 0.1) is 11.6 Å². The van der Waals surface area contributed by atoms with Crippen molar-refractivity contribution >= 4 is 28.6 Å². The molecule has 1 aromatic carbocycles. The molecule has 5 N–H and O–H groups in total. The number of methoxy groups -OCH3 is 1. The maximum atomic E-state index is 14.9. The zero-order valence-corrected chi connectivity index (χ0v) is 21.1. The number of aromatic nitrogens is 5. The summed E-state index contributed by atoms with van der Waals surface area (Å²) in [5.41, 5.74) is 10.2. The number of hydrogen-bond acceptors (Lipinski definition) is 10. The maximum absolute atomic E-state index is 14.9. The van der Waals surface area contributed by atoms with Crippen molar-refractivity contribution < 1.29 is 32.2 Å². The van der Waals surface area contributed by atoms with Gasteiger partial charge >= 0.3 is 0 Å². The van der Waals surface area contributed by atoms with Crippen LogP contribution in [0.5, 0.6) is 5.75 Å². The molecular formula is C25H24F4N8O3. The Morgan fingerprint density at radius 3 is 2.67 bits per heavy atom. The fourth-order valence-corrected chi connectivity index (χ4v) is 4.82. The van der Waals surface area contributed by atoms with E-state index in [1.165, 1.54) is 19.2 Å². The van der Waals surface area contributed by atoms with Gasteiger partial charge < -0.3 is 26.2 Å². The second-order valence-electron chi connectivity index (χ2n) is 9.42. The monoisotopic (exact) mass is 560 g/mol. The van der Waals surface area contributed by atoms with Crippen LogP contribution in [0.2, 0.25) is 0 Å². The summed E-state index contributed by atoms with van der Waals surface area (Å²) in [6.07, 6.45) is -2.46. The van der Waals surface area contributed by atoms with E-state index < -0.39 is 35.6 Å². The van der Waals surface area contributed by atoms with E-state index >= 15 is 0 Å². The van der Waals surface area contributed by atoms with Crippen LogP contribution in [-0.4, -0.2) is 73.8 Å². The molecule has 4 aromatic rings. The van der Waals surface area contributed by atoms with Crippen molar-refractivity contribution in [1.29, 1.82) is 0 Å². The van der Waals surface area contributed by atoms with Gasteiger partial charge in [-0.1, -0.05) is 0 Å². The van der Waals surface area contributed by atoms with Gasteiger partial charge in [-0.15, -0.1) is 0 Å². The number of rotatable bonds is 6. The van der Waals surface area contributed by atoms with Crippen LogP contribution >= 0.6 is 0 Å². The summed E-state index contributed by atoms with van der Waals surface area (Å²) in [7, 11) is 1.19. The van der Waals surface area contributed by atoms with Gasteiger partial charge in [0.2, 0.25) is 0 Å². The molecule has 210 valence electrons. The second-order valence-corrected chi connectivity index (χ2v) is 9.42. The van der Waals surface area contributed by atoms with Crippen molar-refractivity contribution in [3.8, 4) is 17.0 Å². The highest BCUT2D eigenvalue weighted by molar-refractivity contribution is 6.04. The Balaban J connectivity index is 1.65. The van der Waals surface area contributed by atoms with Crippen molar-refractivity contribution in [3.05, 3.63) is 54.2 Å². The first-order valence-electron chi connectivity index (χ1n) is 12.1. The van der Waals surface area contributed by atoms with E-state index in [9.17, 15) is 27.5 Å². The first kappa shape index (κ1) is 27.2. The number of hydrogen-bond donors (Lipinski definition) is 3. The number of aliphatic hydroxyl groups is 1. The summed E-state index contributed by atoms with van der Waals surface area (Å²) in [5, 5.41) is 10.1. The Kier molecular flexibility index (Phi) is 7.01. The third-order valence-electron chi connectivity index (χ3n) is 6.90. The quantitative estimate of drug-likeness (QED) is 0.299. The third kappa shape index (κ3) is 4.66. The number of aliphatic hydroxyl groups excluding tert-OH is 1. The van der Waals surface area contributed by atoms with Crippen molar-refractivity contribution in [2.45, 2.75) is 30.9 Å². The molecular weight excluding hydrogens is 536 g/mol. The number of benzene rings is 1. The lowest BCUT2D eigenvalue weighted by atomic mass is 9.84. The molecule has 1 aliphatic heterocycles. The summed E-state index contributed by atoms with van der Waals surface area (Å²) < 4.78 is 62.1. The molecule has 0 saturated carbocycles. The van der Waals surface area contributed by atoms with Crippen molar-refractivity contribution in [1.82, 2.24) is 24.5 Å². The number of carbonyl (C=O) groups is 1. The van der Waals surface area contributed by atoms with Gasteiger partial charge in [0.25, 0.3) is 12.3 Å². The maximum Gasteiger partial charge on any atom is 0.285 e. The number of piperidine rings is 1. The molecule has 4 heterocycles. The van der Waals surface area contributed by atoms with E-state index in [0.29, 0.717) is 13.0 Å². The number of nitrogens with zero attached hydrogens (tertiary/aromatic N) is 6. The van der Waals surface area contributed by atoms with Gasteiger partial charge in [0.1, 0.15) is 24.6 Å². The third-order valence-corrected chi connectivity index (χ3v) is 6.90. The summed E-state index contributed by atoms with van der Waals surface area (Å²) >= 11 is 0. The average molecular weight is 561 g/mol. The Bertz CT molecular complexity index is 1600. The Morgan fingerprint density at radius 1 is 1.18 bits per heavy atom. The van der Waals surface area contributed by atoms with Gasteiger partial charge in [-0.3, -0.25) is 4.79 Å². The highest BCUT2D eigenvalue weighted by Gasteiger charge is 2.43. The smallest absolute Gasteiger partial charge is 0.285 e. The van der Waals surface area contributed by atoms with Gasteiger partial charge in [-0.05, 0) is 31.0 Å². The van der Waals surface area contributed by atoms with Crippen LogP contribution in [0.1, 0.15) is 23.3 Å². The number of fused-ring (bicyclic) bond motifs is 1. The number of halogens is 4. The lowest BCUT2D eigenvalue weighted by molar-refractivity contribution is -0.0529. The topological polar surface area (TPSA) is 158 Å². The molecule has 40 heavy (non-hydrogen) atoms. The summed E-state index contributed by atoms with van der Waals surface area (Å²) in [6, 6.07) is 4.53. The van der Waals surface area contributed by atoms with Crippen molar-refractivity contribution in [3.63, 3.8) is 0 Å². The Labute approximate surface area is 224 Å². The van der Waals surface area contributed by atoms with Gasteiger partial charge in [-0.25, -0.2) is 42.1 Å². The van der Waals surface area contributed by atoms with Crippen LogP contribution in [0.15, 0.2) is 36.9 Å². The van der Waals surface area contributed by atoms with Gasteiger partial charge in [-0.2, -0.15) is 0 Å². The molecule has 2 unspecified atom stereocenters. The van der Waals surface area contributed by atoms with Gasteiger partial charge in [0.15, 0.2) is 34.2 Å². The van der Waals surface area contributed by atoms with Crippen LogP contribution in [0.3, 0.4) is 0 Å². The normalized spacial score (nSPS) is 18.4. The van der Waals surface area contributed by atoms with E-state index in [0.717, 1.165) is 29.4 Å². The minimum Gasteiger partial charge on any atom is -0.494 e. The number of alkyl halides is 2. The SMILES string of the molecule is COc1cc(F)c(-c2ccc(N3CCCC(N)(C(O)C(F)F)C3)c(C(=O)n3cnc4c(N)ncnc43)n2)cc1F. The summed E-state index contributed by atoms with van der Waals surface area (Å²) in [4.78, 5) is 31.8. The minimum atomic E-state index is -3.08. The largest absolute Gasteiger partial charge is 0.494 e. The van der Waals surface area contributed by atoms with E-state index in [1.54, 1.807) is 4.90 Å². The van der Waals surface area contributed by atoms with E-state index in [1.807, 2.05) is 0 Å². The molecule has 0 amide bonds. The number of pyridine rings is 1. The number of anilines is 2. The molecule has 0 bridgehead atoms. The molecule has 11 nitrogen and oxygen atoms in total. The zero-order valence-electron chi connectivity index (χ0n) is 21.1. The molecule has 1 saturated heterocycles. The molecule has 15 heteroatoms. The van der Waals surface area contributed by atoms with Crippen molar-refractivity contribution in [2.75, 3.05) is 30.8 Å². The summed E-state index contributed by atoms with van der Waals surface area (Å²) in [6.45, 7) is 0.0622. The predicted octanol–water partition coefficient (Wildman–Crippen LogP) is 2.37. The molecule has 0 aliphatic carbocycles. The van der Waals surface area contributed by atoms with Gasteiger partial charge in [0, 0.05) is 24.7 Å². The second kappa shape index (κ2) is 10.3. The lowest BCUT2D eigenvalue weighted by Crippen LogP contribution is -2.63. The Morgan fingerprint density at radius 2 is 1.95 bits per heavy atom. The van der Waals surface area contributed by atoms with Crippen LogP contribution in [-0.2, 0) is 0 Å². The lowest BCUT2D eigenvalue weighted by Gasteiger charge is -2.44. The highest BCUT2D eigenvalue weighted by atomic mass is 19.3. The molecule has 0 spiro atoms. The Hall–Kier alpha value is -4.37. The van der Waals surface area contributed by atoms with Crippen LogP contribution < -0.4 is 21.1 Å². The van der Waals surface area contributed by atoms with Crippen LogP contribution in [0.4, 0.5) is 29.1 Å². The van der Waals surface area contributed by atoms with E-state index in [-0.39, 0.29) is 58.3 Å². The molecule has 1 fully saturated rings. The molecule has 1 aliphatic rings. The number of nitrogens with two attached hydrogens (primary N) is 2. The van der Waals surface area contributed by atoms with Crippen molar-refractivity contribution in [2.24, 2.45) is 5.73 Å². The highest BCUT2D eigenvalue weighted by Crippen LogP contribution is 2.34. The fourth-order valence-electron chi connectivity index (χ4n) is 4.82. The number of carbonyl (C=O) groups excluding carboxylic acids is 1. The zero-order chi connectivity index (χ0) is 28.8. The fraction of sp³-hybridized carbons (Fsp3) is 0.320. The molecule has 2 atom stereocenters. The minimum absolute atomic E-state index is 0.0270. The van der Waals surface area contributed by atoms with Gasteiger partial charge in [0.05, 0.1) is 24.0 Å². The standard InChI is InChI=1S/C25H24F4N8O3/c1-40-17-8-13(26)12(7-14(17)27)15-3-4-16(36-6-2-5-25(31,9-36)20(38)21(28)29)18(35-15)24(39)37-11-34-19-22(30)32-10-33-23(19)37/h3-4,7-8,10-11,20-21,38H,2,5-6,9,31H2,1H3,(H2,30,32,33). The predicted molar refractivity (Wildman–Crippen MR) is 136 cm³/mol. The van der Waals surface area contributed by atoms with E-state index in [4.69, 9.17) is 16.2 Å². The summed E-state index contributed by atoms with van der Waals surface area (Å²) in [5.74, 6) is -2.77. The molecule has 3 aromatic heterocycles. The first-order chi connectivity index (χ1) is 19.0. The number of imidazole rings is 1. The number of nitrogen functional groups attached to an aromatic ring is 1. The number of ether oxygens (including phenoxy) is 1. The van der Waals surface area contributed by atoms with E-state index in [2.05, 4.69) is 19.9 Å². The van der Waals surface area contributed by atoms with Crippen LogP contribution in [0.25, 0.3) is 22.4 Å². The average Bonchev–Trinajstić information content (AvgIpc) is 3.38. The molecule has 0 radical (unpaired) electrons. The molecule has 5 rings (SSSR count). The first-order valence-corrected chi connectivity index (χ1v) is 12.1.